The highest BCUT2D eigenvalue weighted by Gasteiger charge is 2.27. The standard InChI is InChI=1S/C32H42O4/c1-10-21-16-25(23(12-14-29(33)34)27(18-21)31(4,5)6)20(3)26-17-22(11-2)19-28(32(7,8)9)24(26)13-15-30(35)36/h12-20H,10-11H2,1-9H3,(H,33,34)(H,35,36). The Labute approximate surface area is 216 Å². The predicted molar refractivity (Wildman–Crippen MR) is 150 cm³/mol. The van der Waals surface area contributed by atoms with Crippen molar-refractivity contribution in [1.29, 1.82) is 0 Å². The van der Waals surface area contributed by atoms with E-state index in [2.05, 4.69) is 86.6 Å². The maximum absolute atomic E-state index is 11.5. The molecule has 4 nitrogen and oxygen atoms in total. The first kappa shape index (κ1) is 29.1. The number of carbonyl (C=O) groups is 2. The van der Waals surface area contributed by atoms with E-state index >= 15 is 0 Å². The Morgan fingerprint density at radius 3 is 1.31 bits per heavy atom. The summed E-state index contributed by atoms with van der Waals surface area (Å²) in [6, 6.07) is 8.74. The SMILES string of the molecule is CCc1cc(C(C)c2cc(CC)cc(C(C)(C)C)c2C=CC(=O)O)c(C=CC(=O)O)c(C(C)(C)C)c1. The third-order valence-corrected chi connectivity index (χ3v) is 6.69. The van der Waals surface area contributed by atoms with E-state index in [9.17, 15) is 19.8 Å². The molecule has 194 valence electrons. The molecule has 36 heavy (non-hydrogen) atoms. The number of benzene rings is 2. The molecule has 0 radical (unpaired) electrons. The summed E-state index contributed by atoms with van der Waals surface area (Å²) in [6.45, 7) is 19.2. The van der Waals surface area contributed by atoms with Gasteiger partial charge in [0.25, 0.3) is 0 Å². The van der Waals surface area contributed by atoms with Gasteiger partial charge in [0, 0.05) is 18.1 Å². The molecule has 0 aromatic heterocycles. The van der Waals surface area contributed by atoms with Gasteiger partial charge in [-0.25, -0.2) is 9.59 Å². The van der Waals surface area contributed by atoms with Gasteiger partial charge in [-0.2, -0.15) is 0 Å². The fourth-order valence-electron chi connectivity index (χ4n) is 4.69. The lowest BCUT2D eigenvalue weighted by atomic mass is 9.74. The van der Waals surface area contributed by atoms with Crippen LogP contribution in [0.25, 0.3) is 12.2 Å². The van der Waals surface area contributed by atoms with E-state index in [0.717, 1.165) is 46.2 Å². The van der Waals surface area contributed by atoms with Crippen molar-refractivity contribution in [3.05, 3.63) is 80.9 Å². The lowest BCUT2D eigenvalue weighted by Crippen LogP contribution is -2.18. The van der Waals surface area contributed by atoms with Crippen molar-refractivity contribution in [2.24, 2.45) is 0 Å². The highest BCUT2D eigenvalue weighted by atomic mass is 16.4. The molecule has 2 N–H and O–H groups in total. The van der Waals surface area contributed by atoms with Crippen LogP contribution < -0.4 is 0 Å². The monoisotopic (exact) mass is 490 g/mol. The van der Waals surface area contributed by atoms with Gasteiger partial charge in [0.15, 0.2) is 0 Å². The van der Waals surface area contributed by atoms with Crippen molar-refractivity contribution in [1.82, 2.24) is 0 Å². The summed E-state index contributed by atoms with van der Waals surface area (Å²) in [6.07, 6.45) is 7.57. The average molecular weight is 491 g/mol. The molecular formula is C32H42O4. The van der Waals surface area contributed by atoms with Gasteiger partial charge in [-0.3, -0.25) is 0 Å². The smallest absolute Gasteiger partial charge is 0.328 e. The lowest BCUT2D eigenvalue weighted by Gasteiger charge is -2.30. The van der Waals surface area contributed by atoms with Crippen LogP contribution in [-0.2, 0) is 33.3 Å². The summed E-state index contributed by atoms with van der Waals surface area (Å²) < 4.78 is 0. The first-order valence-corrected chi connectivity index (χ1v) is 12.8. The molecule has 0 aliphatic carbocycles. The molecule has 2 rings (SSSR count). The molecule has 4 heteroatoms. The van der Waals surface area contributed by atoms with Crippen LogP contribution in [0, 0.1) is 0 Å². The Bertz CT molecular complexity index is 1090. The molecular weight excluding hydrogens is 448 g/mol. The number of hydrogen-bond donors (Lipinski definition) is 2. The Kier molecular flexibility index (Phi) is 9.12. The summed E-state index contributed by atoms with van der Waals surface area (Å²) in [5.74, 6) is -2.06. The maximum atomic E-state index is 11.5. The van der Waals surface area contributed by atoms with Gasteiger partial charge in [-0.1, -0.05) is 86.6 Å². The number of carboxylic acid groups (broad SMARTS) is 2. The molecule has 0 aliphatic rings. The lowest BCUT2D eigenvalue weighted by molar-refractivity contribution is -0.132. The first-order valence-electron chi connectivity index (χ1n) is 12.8. The van der Waals surface area contributed by atoms with E-state index in [1.165, 1.54) is 23.3 Å². The Morgan fingerprint density at radius 2 is 1.06 bits per heavy atom. The zero-order valence-electron chi connectivity index (χ0n) is 23.3. The zero-order chi connectivity index (χ0) is 27.4. The number of hydrogen-bond acceptors (Lipinski definition) is 2. The van der Waals surface area contributed by atoms with Crippen molar-refractivity contribution in [3.8, 4) is 0 Å². The normalized spacial score (nSPS) is 13.5. The van der Waals surface area contributed by atoms with Crippen molar-refractivity contribution >= 4 is 24.1 Å². The third-order valence-electron chi connectivity index (χ3n) is 6.69. The van der Waals surface area contributed by atoms with Crippen LogP contribution in [0.1, 0.15) is 113 Å². The van der Waals surface area contributed by atoms with Gasteiger partial charge in [0.1, 0.15) is 0 Å². The Morgan fingerprint density at radius 1 is 0.722 bits per heavy atom. The number of carboxylic acids is 2. The molecule has 2 aromatic carbocycles. The molecule has 0 saturated heterocycles. The Balaban J connectivity index is 3.02. The molecule has 0 atom stereocenters. The maximum Gasteiger partial charge on any atom is 0.328 e. The molecule has 0 fully saturated rings. The molecule has 0 spiro atoms. The zero-order valence-corrected chi connectivity index (χ0v) is 23.3. The minimum Gasteiger partial charge on any atom is -0.478 e. The molecule has 0 bridgehead atoms. The van der Waals surface area contributed by atoms with Crippen LogP contribution in [0.2, 0.25) is 0 Å². The predicted octanol–water partition coefficient (Wildman–Crippen LogP) is 7.75. The highest BCUT2D eigenvalue weighted by Crippen LogP contribution is 2.40. The summed E-state index contributed by atoms with van der Waals surface area (Å²) >= 11 is 0. The minimum atomic E-state index is -0.985. The molecule has 0 saturated carbocycles. The van der Waals surface area contributed by atoms with Crippen LogP contribution in [-0.4, -0.2) is 22.2 Å². The Hall–Kier alpha value is -3.14. The van der Waals surface area contributed by atoms with Gasteiger partial charge < -0.3 is 10.2 Å². The van der Waals surface area contributed by atoms with Crippen LogP contribution in [0.5, 0.6) is 0 Å². The molecule has 2 aromatic rings. The van der Waals surface area contributed by atoms with Gasteiger partial charge >= 0.3 is 11.9 Å². The minimum absolute atomic E-state index is 0.0907. The van der Waals surface area contributed by atoms with Crippen molar-refractivity contribution in [3.63, 3.8) is 0 Å². The summed E-state index contributed by atoms with van der Waals surface area (Å²) in [7, 11) is 0. The average Bonchev–Trinajstić information content (AvgIpc) is 2.78. The molecule has 0 heterocycles. The number of aliphatic carboxylic acids is 2. The van der Waals surface area contributed by atoms with E-state index in [1.54, 1.807) is 12.2 Å². The highest BCUT2D eigenvalue weighted by molar-refractivity contribution is 5.87. The van der Waals surface area contributed by atoms with E-state index in [4.69, 9.17) is 0 Å². The van der Waals surface area contributed by atoms with Crippen molar-refractivity contribution in [2.45, 2.75) is 91.9 Å². The van der Waals surface area contributed by atoms with E-state index < -0.39 is 11.9 Å². The van der Waals surface area contributed by atoms with Gasteiger partial charge in [-0.15, -0.1) is 0 Å². The second-order valence-corrected chi connectivity index (χ2v) is 11.6. The van der Waals surface area contributed by atoms with Crippen LogP contribution in [0.3, 0.4) is 0 Å². The summed E-state index contributed by atoms with van der Waals surface area (Å²) in [5, 5.41) is 18.8. The molecule has 0 unspecified atom stereocenters. The second-order valence-electron chi connectivity index (χ2n) is 11.6. The molecule has 0 aliphatic heterocycles. The molecule has 0 amide bonds. The third kappa shape index (κ3) is 6.96. The first-order chi connectivity index (χ1) is 16.6. The van der Waals surface area contributed by atoms with Gasteiger partial charge in [-0.05, 0) is 80.3 Å². The fourth-order valence-corrected chi connectivity index (χ4v) is 4.69. The number of rotatable bonds is 8. The number of aryl methyl sites for hydroxylation is 2. The van der Waals surface area contributed by atoms with E-state index in [-0.39, 0.29) is 16.7 Å². The van der Waals surface area contributed by atoms with Crippen molar-refractivity contribution < 1.29 is 19.8 Å². The van der Waals surface area contributed by atoms with Gasteiger partial charge in [0.05, 0.1) is 0 Å². The van der Waals surface area contributed by atoms with Crippen molar-refractivity contribution in [2.75, 3.05) is 0 Å². The van der Waals surface area contributed by atoms with Crippen LogP contribution >= 0.6 is 0 Å². The summed E-state index contributed by atoms with van der Waals surface area (Å²) in [4.78, 5) is 23.0. The van der Waals surface area contributed by atoms with Crippen LogP contribution in [0.15, 0.2) is 36.4 Å². The van der Waals surface area contributed by atoms with Gasteiger partial charge in [0.2, 0.25) is 0 Å². The van der Waals surface area contributed by atoms with E-state index in [0.29, 0.717) is 0 Å². The van der Waals surface area contributed by atoms with E-state index in [1.807, 2.05) is 0 Å². The largest absolute Gasteiger partial charge is 0.478 e. The fraction of sp³-hybridized carbons (Fsp3) is 0.438. The quantitative estimate of drug-likeness (QED) is 0.371. The summed E-state index contributed by atoms with van der Waals surface area (Å²) in [5.41, 5.74) is 8.16. The second kappa shape index (κ2) is 11.3. The van der Waals surface area contributed by atoms with Crippen LogP contribution in [0.4, 0.5) is 0 Å². The topological polar surface area (TPSA) is 74.6 Å².